The van der Waals surface area contributed by atoms with Crippen LogP contribution in [0.2, 0.25) is 0 Å². The van der Waals surface area contributed by atoms with Gasteiger partial charge in [0.25, 0.3) is 5.69 Å². The van der Waals surface area contributed by atoms with Gasteiger partial charge >= 0.3 is 0 Å². The summed E-state index contributed by atoms with van der Waals surface area (Å²) in [5.41, 5.74) is 1.06. The van der Waals surface area contributed by atoms with Crippen LogP contribution in [0.15, 0.2) is 43.0 Å². The van der Waals surface area contributed by atoms with E-state index in [1.165, 1.54) is 33.5 Å². The van der Waals surface area contributed by atoms with Crippen LogP contribution in [0, 0.1) is 10.1 Å². The second-order valence-electron chi connectivity index (χ2n) is 5.66. The molecule has 9 heteroatoms. The second-order valence-corrected chi connectivity index (χ2v) is 5.66. The van der Waals surface area contributed by atoms with Crippen molar-refractivity contribution in [3.63, 3.8) is 0 Å². The van der Waals surface area contributed by atoms with E-state index in [4.69, 9.17) is 14.2 Å². The predicted molar refractivity (Wildman–Crippen MR) is 101 cm³/mol. The molecule has 0 N–H and O–H groups in total. The number of nitro benzene ring substituents is 1. The highest BCUT2D eigenvalue weighted by molar-refractivity contribution is 5.96. The molecule has 0 atom stereocenters. The molecule has 0 bridgehead atoms. The van der Waals surface area contributed by atoms with Gasteiger partial charge in [-0.05, 0) is 18.2 Å². The molecule has 0 aliphatic rings. The molecule has 3 rings (SSSR count). The van der Waals surface area contributed by atoms with E-state index >= 15 is 0 Å². The van der Waals surface area contributed by atoms with E-state index in [1.54, 1.807) is 35.4 Å². The maximum atomic E-state index is 11.8. The van der Waals surface area contributed by atoms with E-state index in [-0.39, 0.29) is 39.6 Å². The quantitative estimate of drug-likeness (QED) is 0.350. The average molecular weight is 383 g/mol. The largest absolute Gasteiger partial charge is 0.493 e. The molecule has 144 valence electrons. The van der Waals surface area contributed by atoms with Crippen LogP contribution in [0.25, 0.3) is 16.8 Å². The minimum absolute atomic E-state index is 0.162. The number of hydrogen-bond donors (Lipinski definition) is 0. The molecule has 28 heavy (non-hydrogen) atoms. The lowest BCUT2D eigenvalue weighted by Crippen LogP contribution is -2.03. The van der Waals surface area contributed by atoms with Gasteiger partial charge in [-0.3, -0.25) is 14.9 Å². The van der Waals surface area contributed by atoms with Gasteiger partial charge in [0.2, 0.25) is 5.75 Å². The summed E-state index contributed by atoms with van der Waals surface area (Å²) < 4.78 is 17.8. The summed E-state index contributed by atoms with van der Waals surface area (Å²) in [5, 5.41) is 11.7. The van der Waals surface area contributed by atoms with E-state index in [1.807, 2.05) is 0 Å². The lowest BCUT2D eigenvalue weighted by atomic mass is 9.96. The van der Waals surface area contributed by atoms with Crippen LogP contribution < -0.4 is 14.2 Å². The van der Waals surface area contributed by atoms with E-state index < -0.39 is 4.92 Å². The first-order valence-corrected chi connectivity index (χ1v) is 8.11. The topological polar surface area (TPSA) is 106 Å². The van der Waals surface area contributed by atoms with Crippen LogP contribution in [0.5, 0.6) is 17.2 Å². The molecule has 0 unspecified atom stereocenters. The highest BCUT2D eigenvalue weighted by Gasteiger charge is 2.27. The van der Waals surface area contributed by atoms with Gasteiger partial charge in [0.1, 0.15) is 0 Å². The summed E-state index contributed by atoms with van der Waals surface area (Å²) in [4.78, 5) is 26.9. The minimum Gasteiger partial charge on any atom is -0.493 e. The molecular formula is C19H17N3O6. The van der Waals surface area contributed by atoms with Crippen molar-refractivity contribution < 1.29 is 23.9 Å². The molecule has 1 aromatic heterocycles. The van der Waals surface area contributed by atoms with Crippen molar-refractivity contribution in [3.8, 4) is 34.1 Å². The summed E-state index contributed by atoms with van der Waals surface area (Å²) in [6.45, 7) is 0. The van der Waals surface area contributed by atoms with Crippen LogP contribution in [0.3, 0.4) is 0 Å². The van der Waals surface area contributed by atoms with Crippen molar-refractivity contribution in [2.75, 3.05) is 21.3 Å². The highest BCUT2D eigenvalue weighted by atomic mass is 16.6. The molecule has 1 heterocycles. The van der Waals surface area contributed by atoms with Gasteiger partial charge < -0.3 is 18.8 Å². The van der Waals surface area contributed by atoms with E-state index in [0.29, 0.717) is 12.0 Å². The van der Waals surface area contributed by atoms with Crippen molar-refractivity contribution in [2.24, 2.45) is 0 Å². The van der Waals surface area contributed by atoms with E-state index in [0.717, 1.165) is 0 Å². The summed E-state index contributed by atoms with van der Waals surface area (Å²) in [6, 6.07) is 6.01. The number of imidazole rings is 1. The molecular weight excluding hydrogens is 366 g/mol. The normalized spacial score (nSPS) is 10.4. The number of nitrogens with zero attached hydrogens (tertiary/aromatic N) is 3. The maximum absolute atomic E-state index is 11.8. The number of benzene rings is 2. The van der Waals surface area contributed by atoms with Gasteiger partial charge in [0.15, 0.2) is 17.8 Å². The zero-order chi connectivity index (χ0) is 20.3. The number of aldehydes is 1. The second kappa shape index (κ2) is 7.78. The zero-order valence-corrected chi connectivity index (χ0v) is 15.4. The Balaban J connectivity index is 2.40. The van der Waals surface area contributed by atoms with Gasteiger partial charge in [-0.2, -0.15) is 0 Å². The lowest BCUT2D eigenvalue weighted by Gasteiger charge is -2.18. The third-order valence-corrected chi connectivity index (χ3v) is 4.24. The third-order valence-electron chi connectivity index (χ3n) is 4.24. The van der Waals surface area contributed by atoms with Gasteiger partial charge in [0.05, 0.1) is 38.1 Å². The summed E-state index contributed by atoms with van der Waals surface area (Å²) >= 11 is 0. The molecule has 0 amide bonds. The average Bonchev–Trinajstić information content (AvgIpc) is 3.26. The maximum Gasteiger partial charge on any atom is 0.277 e. The Morgan fingerprint density at radius 1 is 1.11 bits per heavy atom. The minimum atomic E-state index is -0.516. The van der Waals surface area contributed by atoms with Gasteiger partial charge in [-0.15, -0.1) is 0 Å². The fourth-order valence-corrected chi connectivity index (χ4v) is 3.00. The number of nitro groups is 1. The monoisotopic (exact) mass is 383 g/mol. The Morgan fingerprint density at radius 3 is 2.39 bits per heavy atom. The fourth-order valence-electron chi connectivity index (χ4n) is 3.00. The summed E-state index contributed by atoms with van der Waals surface area (Å²) in [6.07, 6.45) is 5.46. The molecule has 0 radical (unpaired) electrons. The molecule has 0 aliphatic heterocycles. The van der Waals surface area contributed by atoms with Gasteiger partial charge in [-0.1, -0.05) is 0 Å². The molecule has 0 saturated heterocycles. The molecule has 0 fully saturated rings. The Morgan fingerprint density at radius 2 is 1.86 bits per heavy atom. The van der Waals surface area contributed by atoms with Crippen molar-refractivity contribution in [1.29, 1.82) is 0 Å². The number of methoxy groups -OCH3 is 3. The molecule has 3 aromatic rings. The Labute approximate surface area is 160 Å². The van der Waals surface area contributed by atoms with Crippen molar-refractivity contribution in [2.45, 2.75) is 0 Å². The molecule has 0 saturated carbocycles. The van der Waals surface area contributed by atoms with Crippen LogP contribution in [0.4, 0.5) is 5.69 Å². The zero-order valence-electron chi connectivity index (χ0n) is 15.4. The van der Waals surface area contributed by atoms with Crippen molar-refractivity contribution in [1.82, 2.24) is 9.55 Å². The lowest BCUT2D eigenvalue weighted by molar-refractivity contribution is -0.384. The summed E-state index contributed by atoms with van der Waals surface area (Å²) in [7, 11) is 4.23. The number of rotatable bonds is 7. The number of ether oxygens (including phenoxy) is 3. The third kappa shape index (κ3) is 3.13. The molecule has 0 spiro atoms. The van der Waals surface area contributed by atoms with Crippen molar-refractivity contribution in [3.05, 3.63) is 58.7 Å². The molecule has 2 aromatic carbocycles. The van der Waals surface area contributed by atoms with Crippen LogP contribution >= 0.6 is 0 Å². The van der Waals surface area contributed by atoms with Gasteiger partial charge in [-0.25, -0.2) is 4.98 Å². The number of hydrogen-bond acceptors (Lipinski definition) is 7. The Hall–Kier alpha value is -3.88. The molecule has 9 nitrogen and oxygen atoms in total. The standard InChI is InChI=1S/C19H17N3O6/c1-26-16-8-12(10-23)17(19(28-3)18(16)27-2)14-9-13(21-7-6-20-11-21)4-5-15(14)22(24)25/h4-11H,1-3H3. The Bertz CT molecular complexity index is 1030. The smallest absolute Gasteiger partial charge is 0.277 e. The van der Waals surface area contributed by atoms with Gasteiger partial charge in [0, 0.05) is 35.3 Å². The highest BCUT2D eigenvalue weighted by Crippen LogP contribution is 2.48. The van der Waals surface area contributed by atoms with Crippen LogP contribution in [-0.4, -0.2) is 42.1 Å². The predicted octanol–water partition coefficient (Wildman–Crippen LogP) is 3.29. The number of carbonyl (C=O) groups is 1. The first kappa shape index (κ1) is 18.9. The van der Waals surface area contributed by atoms with E-state index in [2.05, 4.69) is 4.98 Å². The fraction of sp³-hybridized carbons (Fsp3) is 0.158. The van der Waals surface area contributed by atoms with Crippen LogP contribution in [-0.2, 0) is 0 Å². The number of aromatic nitrogens is 2. The van der Waals surface area contributed by atoms with E-state index in [9.17, 15) is 14.9 Å². The first-order chi connectivity index (χ1) is 13.5. The number of carbonyl (C=O) groups excluding carboxylic acids is 1. The van der Waals surface area contributed by atoms with Crippen molar-refractivity contribution >= 4 is 12.0 Å². The Kier molecular flexibility index (Phi) is 5.25. The first-order valence-electron chi connectivity index (χ1n) is 8.11. The molecule has 0 aliphatic carbocycles. The SMILES string of the molecule is COc1cc(C=O)c(-c2cc(-n3ccnc3)ccc2[N+](=O)[O-])c(OC)c1OC. The van der Waals surface area contributed by atoms with Crippen LogP contribution in [0.1, 0.15) is 10.4 Å². The summed E-state index contributed by atoms with van der Waals surface area (Å²) in [5.74, 6) is 0.668.